The number of anilines is 1. The lowest BCUT2D eigenvalue weighted by atomic mass is 10.1. The molecule has 2 heterocycles. The first kappa shape index (κ1) is 11.7. The zero-order valence-corrected chi connectivity index (χ0v) is 11.3. The number of aromatic nitrogens is 3. The van der Waals surface area contributed by atoms with Crippen molar-refractivity contribution in [2.24, 2.45) is 0 Å². The van der Waals surface area contributed by atoms with E-state index in [1.807, 2.05) is 42.8 Å². The summed E-state index contributed by atoms with van der Waals surface area (Å²) < 4.78 is 1.87. The van der Waals surface area contributed by atoms with Gasteiger partial charge in [-0.3, -0.25) is 0 Å². The Morgan fingerprint density at radius 2 is 1.84 bits per heavy atom. The zero-order chi connectivity index (χ0) is 13.4. The number of nitrogens with zero attached hydrogens (tertiary/aromatic N) is 3. The van der Waals surface area contributed by atoms with Gasteiger partial charge in [0.25, 0.3) is 0 Å². The molecule has 0 radical (unpaired) electrons. The van der Waals surface area contributed by atoms with Gasteiger partial charge in [-0.25, -0.2) is 4.98 Å². The average molecular weight is 252 g/mol. The van der Waals surface area contributed by atoms with Crippen LogP contribution in [-0.2, 0) is 0 Å². The number of aryl methyl sites for hydroxylation is 2. The van der Waals surface area contributed by atoms with Crippen LogP contribution in [0.2, 0.25) is 0 Å². The molecule has 4 heteroatoms. The number of benzene rings is 1. The predicted octanol–water partition coefficient (Wildman–Crippen LogP) is 3.05. The second-order valence-electron chi connectivity index (χ2n) is 4.61. The summed E-state index contributed by atoms with van der Waals surface area (Å²) in [5.41, 5.74) is 5.09. The number of hydrogen-bond donors (Lipinski definition) is 1. The Labute approximate surface area is 112 Å². The molecule has 0 amide bonds. The van der Waals surface area contributed by atoms with E-state index in [1.165, 1.54) is 0 Å². The van der Waals surface area contributed by atoms with E-state index in [0.717, 1.165) is 34.0 Å². The zero-order valence-electron chi connectivity index (χ0n) is 11.3. The Morgan fingerprint density at radius 3 is 2.53 bits per heavy atom. The molecule has 19 heavy (non-hydrogen) atoms. The lowest BCUT2D eigenvalue weighted by molar-refractivity contribution is 0.937. The van der Waals surface area contributed by atoms with Crippen LogP contribution in [0.1, 0.15) is 11.3 Å². The van der Waals surface area contributed by atoms with Gasteiger partial charge in [0, 0.05) is 29.9 Å². The summed E-state index contributed by atoms with van der Waals surface area (Å²) in [5.74, 6) is 0.952. The molecule has 1 aromatic carbocycles. The quantitative estimate of drug-likeness (QED) is 0.762. The predicted molar refractivity (Wildman–Crippen MR) is 77.4 cm³/mol. The van der Waals surface area contributed by atoms with Crippen molar-refractivity contribution < 1.29 is 0 Å². The van der Waals surface area contributed by atoms with Crippen molar-refractivity contribution in [3.63, 3.8) is 0 Å². The van der Waals surface area contributed by atoms with Crippen molar-refractivity contribution in [1.82, 2.24) is 14.6 Å². The fraction of sp³-hybridized carbons (Fsp3) is 0.200. The lowest BCUT2D eigenvalue weighted by Gasteiger charge is -2.04. The first-order chi connectivity index (χ1) is 9.20. The van der Waals surface area contributed by atoms with E-state index in [0.29, 0.717) is 0 Å². The highest BCUT2D eigenvalue weighted by Gasteiger charge is 2.14. The van der Waals surface area contributed by atoms with Crippen LogP contribution in [0.3, 0.4) is 0 Å². The van der Waals surface area contributed by atoms with Crippen LogP contribution in [0, 0.1) is 13.8 Å². The first-order valence-corrected chi connectivity index (χ1v) is 6.31. The molecule has 3 aromatic rings. The third kappa shape index (κ3) is 1.85. The molecule has 0 aliphatic heterocycles. The highest BCUT2D eigenvalue weighted by atomic mass is 15.3. The second-order valence-corrected chi connectivity index (χ2v) is 4.61. The maximum absolute atomic E-state index is 4.69. The van der Waals surface area contributed by atoms with Gasteiger partial charge in [-0.05, 0) is 13.8 Å². The van der Waals surface area contributed by atoms with Crippen LogP contribution in [-0.4, -0.2) is 21.6 Å². The van der Waals surface area contributed by atoms with E-state index in [4.69, 9.17) is 0 Å². The number of fused-ring (bicyclic) bond motifs is 1. The van der Waals surface area contributed by atoms with E-state index in [1.54, 1.807) is 0 Å². The Bertz CT molecular complexity index is 729. The van der Waals surface area contributed by atoms with Gasteiger partial charge < -0.3 is 5.32 Å². The maximum Gasteiger partial charge on any atom is 0.161 e. The molecule has 1 N–H and O–H groups in total. The molecule has 0 saturated carbocycles. The Kier molecular flexibility index (Phi) is 2.71. The third-order valence-electron chi connectivity index (χ3n) is 3.25. The van der Waals surface area contributed by atoms with Crippen LogP contribution >= 0.6 is 0 Å². The second kappa shape index (κ2) is 4.39. The van der Waals surface area contributed by atoms with Crippen LogP contribution < -0.4 is 5.32 Å². The summed E-state index contributed by atoms with van der Waals surface area (Å²) in [4.78, 5) is 4.59. The van der Waals surface area contributed by atoms with E-state index in [-0.39, 0.29) is 0 Å². The van der Waals surface area contributed by atoms with Crippen molar-refractivity contribution in [3.8, 4) is 11.3 Å². The SMILES string of the molecule is CNc1cc(C)nc2c(C)c(-c3ccccc3)nn12. The van der Waals surface area contributed by atoms with Gasteiger partial charge in [0.05, 0.1) is 5.69 Å². The van der Waals surface area contributed by atoms with Crippen LogP contribution in [0.4, 0.5) is 5.82 Å². The Hall–Kier alpha value is -2.36. The highest BCUT2D eigenvalue weighted by molar-refractivity contribution is 5.71. The molecule has 0 atom stereocenters. The smallest absolute Gasteiger partial charge is 0.161 e. The minimum atomic E-state index is 0.906. The van der Waals surface area contributed by atoms with Crippen molar-refractivity contribution in [2.45, 2.75) is 13.8 Å². The van der Waals surface area contributed by atoms with Gasteiger partial charge >= 0.3 is 0 Å². The molecule has 0 spiro atoms. The summed E-state index contributed by atoms with van der Waals surface area (Å²) in [6.45, 7) is 4.06. The highest BCUT2D eigenvalue weighted by Crippen LogP contribution is 2.26. The van der Waals surface area contributed by atoms with E-state index in [2.05, 4.69) is 34.5 Å². The van der Waals surface area contributed by atoms with Crippen LogP contribution in [0.15, 0.2) is 36.4 Å². The average Bonchev–Trinajstić information content (AvgIpc) is 2.76. The van der Waals surface area contributed by atoms with Gasteiger partial charge in [0.2, 0.25) is 0 Å². The lowest BCUT2D eigenvalue weighted by Crippen LogP contribution is -2.02. The normalized spacial score (nSPS) is 10.9. The molecule has 0 unspecified atom stereocenters. The molecular weight excluding hydrogens is 236 g/mol. The molecule has 3 rings (SSSR count). The minimum absolute atomic E-state index is 0.906. The first-order valence-electron chi connectivity index (χ1n) is 6.31. The van der Waals surface area contributed by atoms with E-state index >= 15 is 0 Å². The third-order valence-corrected chi connectivity index (χ3v) is 3.25. The van der Waals surface area contributed by atoms with Crippen LogP contribution in [0.25, 0.3) is 16.9 Å². The minimum Gasteiger partial charge on any atom is -0.373 e. The molecule has 0 saturated heterocycles. The van der Waals surface area contributed by atoms with Crippen molar-refractivity contribution in [1.29, 1.82) is 0 Å². The van der Waals surface area contributed by atoms with Crippen molar-refractivity contribution >= 4 is 11.5 Å². The monoisotopic (exact) mass is 252 g/mol. The molecule has 0 aliphatic rings. The fourth-order valence-corrected chi connectivity index (χ4v) is 2.29. The molecular formula is C15H16N4. The number of nitrogens with one attached hydrogen (secondary N) is 1. The molecule has 96 valence electrons. The Balaban J connectivity index is 2.32. The van der Waals surface area contributed by atoms with E-state index < -0.39 is 0 Å². The van der Waals surface area contributed by atoms with Crippen molar-refractivity contribution in [2.75, 3.05) is 12.4 Å². The molecule has 0 fully saturated rings. The summed E-state index contributed by atoms with van der Waals surface area (Å²) in [7, 11) is 1.90. The summed E-state index contributed by atoms with van der Waals surface area (Å²) in [6, 6.07) is 12.2. The maximum atomic E-state index is 4.69. The van der Waals surface area contributed by atoms with Gasteiger partial charge in [-0.15, -0.1) is 0 Å². The van der Waals surface area contributed by atoms with Gasteiger partial charge in [-0.1, -0.05) is 30.3 Å². The summed E-state index contributed by atoms with van der Waals surface area (Å²) in [5, 5.41) is 7.85. The van der Waals surface area contributed by atoms with E-state index in [9.17, 15) is 0 Å². The largest absolute Gasteiger partial charge is 0.373 e. The topological polar surface area (TPSA) is 42.2 Å². The molecule has 0 bridgehead atoms. The summed E-state index contributed by atoms with van der Waals surface area (Å²) >= 11 is 0. The fourth-order valence-electron chi connectivity index (χ4n) is 2.29. The molecule has 4 nitrogen and oxygen atoms in total. The number of rotatable bonds is 2. The molecule has 0 aliphatic carbocycles. The Morgan fingerprint density at radius 1 is 1.11 bits per heavy atom. The number of hydrogen-bond acceptors (Lipinski definition) is 3. The van der Waals surface area contributed by atoms with Crippen LogP contribution in [0.5, 0.6) is 0 Å². The standard InChI is InChI=1S/C15H16N4/c1-10-9-13(16-3)19-15(17-10)11(2)14(18-19)12-7-5-4-6-8-12/h4-9,16H,1-3H3. The summed E-state index contributed by atoms with van der Waals surface area (Å²) in [6.07, 6.45) is 0. The van der Waals surface area contributed by atoms with Gasteiger partial charge in [0.1, 0.15) is 5.82 Å². The van der Waals surface area contributed by atoms with Crippen molar-refractivity contribution in [3.05, 3.63) is 47.7 Å². The van der Waals surface area contributed by atoms with Gasteiger partial charge in [-0.2, -0.15) is 9.61 Å². The molecule has 2 aromatic heterocycles. The van der Waals surface area contributed by atoms with Gasteiger partial charge in [0.15, 0.2) is 5.65 Å².